The van der Waals surface area contributed by atoms with Crippen molar-refractivity contribution in [3.63, 3.8) is 0 Å². The Morgan fingerprint density at radius 1 is 1.29 bits per heavy atom. The summed E-state index contributed by atoms with van der Waals surface area (Å²) < 4.78 is 15.2. The summed E-state index contributed by atoms with van der Waals surface area (Å²) in [5, 5.41) is 13.1. The zero-order valence-corrected chi connectivity index (χ0v) is 17.1. The van der Waals surface area contributed by atoms with E-state index < -0.39 is 0 Å². The Bertz CT molecular complexity index is 1220. The van der Waals surface area contributed by atoms with Gasteiger partial charge in [0.1, 0.15) is 22.0 Å². The van der Waals surface area contributed by atoms with Gasteiger partial charge in [-0.05, 0) is 40.2 Å². The third-order valence-corrected chi connectivity index (χ3v) is 5.94. The van der Waals surface area contributed by atoms with Crippen molar-refractivity contribution in [1.82, 2.24) is 29.9 Å². The van der Waals surface area contributed by atoms with Crippen molar-refractivity contribution >= 4 is 55.8 Å². The van der Waals surface area contributed by atoms with E-state index in [9.17, 15) is 14.0 Å². The number of benzene rings is 1. The Labute approximate surface area is 173 Å². The number of H-pyrrole nitrogens is 1. The number of hydrogen-bond acceptors (Lipinski definition) is 8. The van der Waals surface area contributed by atoms with Crippen LogP contribution in [0.15, 0.2) is 44.3 Å². The standard InChI is InChI=1S/C16H10BrFN6O2S2/c17-15-23-22-12(28-15)5-10(25)7-27-16-20-13-11(14(26)21-16)6-19-24(13)9-3-1-8(18)2-4-9/h1-4,6H,5,7H2,(H,20,21,26). The molecule has 4 aromatic rings. The molecule has 0 aliphatic rings. The predicted octanol–water partition coefficient (Wildman–Crippen LogP) is 2.77. The molecule has 0 aliphatic carbocycles. The van der Waals surface area contributed by atoms with Gasteiger partial charge in [0, 0.05) is 0 Å². The van der Waals surface area contributed by atoms with Gasteiger partial charge in [-0.2, -0.15) is 5.10 Å². The SMILES string of the molecule is O=C(CSc1nc2c(cnn2-c2ccc(F)cc2)c(=O)[nH]1)Cc1nnc(Br)s1. The molecule has 0 spiro atoms. The van der Waals surface area contributed by atoms with Gasteiger partial charge in [-0.1, -0.05) is 23.1 Å². The van der Waals surface area contributed by atoms with Gasteiger partial charge in [0.15, 0.2) is 14.7 Å². The number of carbonyl (C=O) groups excluding carboxylic acids is 1. The Morgan fingerprint density at radius 3 is 2.79 bits per heavy atom. The average molecular weight is 481 g/mol. The zero-order valence-electron chi connectivity index (χ0n) is 13.9. The quantitative estimate of drug-likeness (QED) is 0.334. The number of nitrogens with one attached hydrogen (secondary N) is 1. The molecule has 142 valence electrons. The number of fused-ring (bicyclic) bond motifs is 1. The van der Waals surface area contributed by atoms with Crippen LogP contribution in [0.2, 0.25) is 0 Å². The van der Waals surface area contributed by atoms with Crippen LogP contribution in [-0.4, -0.2) is 41.5 Å². The number of aromatic nitrogens is 6. The molecule has 8 nitrogen and oxygen atoms in total. The lowest BCUT2D eigenvalue weighted by Crippen LogP contribution is -2.11. The normalized spacial score (nSPS) is 11.2. The fraction of sp³-hybridized carbons (Fsp3) is 0.125. The number of ketones is 1. The fourth-order valence-corrected chi connectivity index (χ4v) is 4.36. The second-order valence-corrected chi connectivity index (χ2v) is 8.90. The van der Waals surface area contributed by atoms with Crippen molar-refractivity contribution < 1.29 is 9.18 Å². The lowest BCUT2D eigenvalue weighted by atomic mass is 10.3. The van der Waals surface area contributed by atoms with E-state index in [1.54, 1.807) is 12.1 Å². The maximum atomic E-state index is 13.2. The molecule has 0 amide bonds. The third-order valence-electron chi connectivity index (χ3n) is 3.65. The summed E-state index contributed by atoms with van der Waals surface area (Å²) >= 11 is 5.62. The van der Waals surface area contributed by atoms with E-state index in [4.69, 9.17) is 0 Å². The molecule has 1 aromatic carbocycles. The molecule has 3 heterocycles. The zero-order chi connectivity index (χ0) is 19.7. The molecule has 28 heavy (non-hydrogen) atoms. The summed E-state index contributed by atoms with van der Waals surface area (Å²) in [5.74, 6) is -0.317. The van der Waals surface area contributed by atoms with Crippen LogP contribution in [0.3, 0.4) is 0 Å². The van der Waals surface area contributed by atoms with Crippen molar-refractivity contribution in [2.75, 3.05) is 5.75 Å². The van der Waals surface area contributed by atoms with Crippen molar-refractivity contribution in [3.05, 3.63) is 55.6 Å². The molecule has 0 fully saturated rings. The molecule has 0 aliphatic heterocycles. The maximum absolute atomic E-state index is 13.2. The summed E-state index contributed by atoms with van der Waals surface area (Å²) in [6.07, 6.45) is 1.56. The van der Waals surface area contributed by atoms with Gasteiger partial charge in [0.05, 0.1) is 24.1 Å². The number of thioether (sulfide) groups is 1. The number of hydrogen-bond donors (Lipinski definition) is 1. The first-order chi connectivity index (χ1) is 13.5. The molecule has 0 unspecified atom stereocenters. The Hall–Kier alpha value is -2.44. The molecule has 0 radical (unpaired) electrons. The molecule has 1 N–H and O–H groups in total. The lowest BCUT2D eigenvalue weighted by Gasteiger charge is -2.04. The molecule has 4 rings (SSSR count). The molecule has 0 saturated heterocycles. The molecule has 3 aromatic heterocycles. The third kappa shape index (κ3) is 4.03. The van der Waals surface area contributed by atoms with Crippen LogP contribution < -0.4 is 5.56 Å². The molecule has 12 heteroatoms. The lowest BCUT2D eigenvalue weighted by molar-refractivity contribution is -0.116. The number of halogens is 2. The Morgan fingerprint density at radius 2 is 2.07 bits per heavy atom. The van der Waals surface area contributed by atoms with E-state index in [-0.39, 0.29) is 29.3 Å². The van der Waals surface area contributed by atoms with Gasteiger partial charge in [-0.15, -0.1) is 10.2 Å². The smallest absolute Gasteiger partial charge is 0.262 e. The monoisotopic (exact) mass is 480 g/mol. The topological polar surface area (TPSA) is 106 Å². The average Bonchev–Trinajstić information content (AvgIpc) is 3.27. The van der Waals surface area contributed by atoms with Crippen molar-refractivity contribution in [2.45, 2.75) is 11.6 Å². The first-order valence-electron chi connectivity index (χ1n) is 7.86. The van der Waals surface area contributed by atoms with Crippen LogP contribution in [0.25, 0.3) is 16.7 Å². The van der Waals surface area contributed by atoms with Crippen LogP contribution in [0.5, 0.6) is 0 Å². The van der Waals surface area contributed by atoms with Gasteiger partial charge in [0.25, 0.3) is 5.56 Å². The van der Waals surface area contributed by atoms with Gasteiger partial charge >= 0.3 is 0 Å². The summed E-state index contributed by atoms with van der Waals surface area (Å²) in [6.45, 7) is 0. The van der Waals surface area contributed by atoms with Gasteiger partial charge in [-0.25, -0.2) is 14.1 Å². The van der Waals surface area contributed by atoms with Crippen LogP contribution >= 0.6 is 39.0 Å². The molecular weight excluding hydrogens is 471 g/mol. The van der Waals surface area contributed by atoms with E-state index >= 15 is 0 Å². The molecule has 0 atom stereocenters. The van der Waals surface area contributed by atoms with Crippen molar-refractivity contribution in [1.29, 1.82) is 0 Å². The van der Waals surface area contributed by atoms with Gasteiger partial charge in [0.2, 0.25) is 0 Å². The predicted molar refractivity (Wildman–Crippen MR) is 106 cm³/mol. The minimum Gasteiger partial charge on any atom is -0.301 e. The van der Waals surface area contributed by atoms with Crippen molar-refractivity contribution in [3.8, 4) is 5.69 Å². The van der Waals surface area contributed by atoms with E-state index in [0.717, 1.165) is 11.8 Å². The molecular formula is C16H10BrFN6O2S2. The maximum Gasteiger partial charge on any atom is 0.262 e. The van der Waals surface area contributed by atoms with Crippen LogP contribution in [-0.2, 0) is 11.2 Å². The number of nitrogens with zero attached hydrogens (tertiary/aromatic N) is 5. The second kappa shape index (κ2) is 7.89. The minimum atomic E-state index is -0.372. The highest BCUT2D eigenvalue weighted by Gasteiger charge is 2.14. The number of Topliss-reactive ketones (excluding diaryl/α,β-unsaturated/α-hetero) is 1. The second-order valence-electron chi connectivity index (χ2n) is 5.59. The first kappa shape index (κ1) is 18.9. The fourth-order valence-electron chi connectivity index (χ4n) is 2.41. The summed E-state index contributed by atoms with van der Waals surface area (Å²) in [7, 11) is 0. The van der Waals surface area contributed by atoms with Crippen LogP contribution in [0.4, 0.5) is 4.39 Å². The van der Waals surface area contributed by atoms with Gasteiger partial charge in [-0.3, -0.25) is 9.59 Å². The van der Waals surface area contributed by atoms with E-state index in [2.05, 4.69) is 41.2 Å². The summed E-state index contributed by atoms with van der Waals surface area (Å²) in [6, 6.07) is 5.69. The van der Waals surface area contributed by atoms with E-state index in [1.807, 2.05) is 0 Å². The van der Waals surface area contributed by atoms with Crippen LogP contribution in [0.1, 0.15) is 5.01 Å². The number of carbonyl (C=O) groups is 1. The number of aromatic amines is 1. The van der Waals surface area contributed by atoms with Crippen LogP contribution in [0, 0.1) is 5.82 Å². The largest absolute Gasteiger partial charge is 0.301 e. The number of rotatable bonds is 6. The minimum absolute atomic E-state index is 0.0663. The van der Waals surface area contributed by atoms with Crippen molar-refractivity contribution in [2.24, 2.45) is 0 Å². The highest BCUT2D eigenvalue weighted by Crippen LogP contribution is 2.20. The Balaban J connectivity index is 1.56. The molecule has 0 saturated carbocycles. The first-order valence-corrected chi connectivity index (χ1v) is 10.5. The summed E-state index contributed by atoms with van der Waals surface area (Å²) in [4.78, 5) is 31.5. The molecule has 0 bridgehead atoms. The Kier molecular flexibility index (Phi) is 5.33. The highest BCUT2D eigenvalue weighted by molar-refractivity contribution is 9.11. The van der Waals surface area contributed by atoms with Gasteiger partial charge < -0.3 is 4.98 Å². The summed E-state index contributed by atoms with van der Waals surface area (Å²) in [5.41, 5.74) is 0.545. The van der Waals surface area contributed by atoms with E-state index in [1.165, 1.54) is 34.3 Å². The van der Waals surface area contributed by atoms with E-state index in [0.29, 0.717) is 30.8 Å². The highest BCUT2D eigenvalue weighted by atomic mass is 79.9.